The zero-order chi connectivity index (χ0) is 27.5. The van der Waals surface area contributed by atoms with Crippen molar-refractivity contribution in [2.45, 2.75) is 45.3 Å². The van der Waals surface area contributed by atoms with Gasteiger partial charge in [0.25, 0.3) is 0 Å². The lowest BCUT2D eigenvalue weighted by molar-refractivity contribution is -0.125. The first kappa shape index (κ1) is 26.4. The summed E-state index contributed by atoms with van der Waals surface area (Å²) in [6.45, 7) is 5.81. The van der Waals surface area contributed by atoms with Crippen LogP contribution in [0.5, 0.6) is 5.75 Å². The third-order valence-corrected chi connectivity index (χ3v) is 7.56. The number of amides is 1. The van der Waals surface area contributed by atoms with Gasteiger partial charge in [0.05, 0.1) is 32.5 Å². The molecule has 1 amide bonds. The SMILES string of the molecule is COC(=O)c1cn([C@H]2C[C@@H](C(=O)NCCc3c[nH]c4ccccc34)N(Cc3cc(C)c(OC)cc3C)C2)nn1. The number of fused-ring (bicyclic) bond motifs is 1. The Morgan fingerprint density at radius 1 is 1.13 bits per heavy atom. The molecule has 1 fully saturated rings. The average molecular weight is 531 g/mol. The van der Waals surface area contributed by atoms with E-state index in [2.05, 4.69) is 44.6 Å². The number of ether oxygens (including phenoxy) is 2. The molecule has 2 aromatic heterocycles. The molecule has 0 radical (unpaired) electrons. The molecule has 2 N–H and O–H groups in total. The molecular weight excluding hydrogens is 496 g/mol. The molecule has 1 aliphatic heterocycles. The van der Waals surface area contributed by atoms with E-state index in [1.54, 1.807) is 18.0 Å². The number of rotatable bonds is 9. The van der Waals surface area contributed by atoms with E-state index in [9.17, 15) is 9.59 Å². The van der Waals surface area contributed by atoms with Crippen LogP contribution in [0.2, 0.25) is 0 Å². The summed E-state index contributed by atoms with van der Waals surface area (Å²) in [5.74, 6) is 0.292. The van der Waals surface area contributed by atoms with Crippen molar-refractivity contribution in [3.05, 3.63) is 76.7 Å². The number of para-hydroxylation sites is 1. The molecule has 0 unspecified atom stereocenters. The molecule has 204 valence electrons. The quantitative estimate of drug-likeness (QED) is 0.319. The lowest BCUT2D eigenvalue weighted by Gasteiger charge is -2.25. The minimum Gasteiger partial charge on any atom is -0.496 e. The fraction of sp³-hybridized carbons (Fsp3) is 0.379. The molecule has 1 saturated heterocycles. The van der Waals surface area contributed by atoms with Crippen molar-refractivity contribution in [1.82, 2.24) is 30.2 Å². The second-order valence-electron chi connectivity index (χ2n) is 10.1. The van der Waals surface area contributed by atoms with Gasteiger partial charge in [0.2, 0.25) is 5.91 Å². The van der Waals surface area contributed by atoms with Crippen molar-refractivity contribution < 1.29 is 19.1 Å². The standard InChI is InChI=1S/C29H34N6O4/c1-18-12-27(38-3)19(2)11-21(18)15-34-16-22(35-17-25(32-33-35)29(37)39-4)13-26(34)28(36)30-10-9-20-14-31-24-8-6-5-7-23(20)24/h5-8,11-12,14,17,22,26,31H,9-10,13,15-16H2,1-4H3,(H,30,36)/t22-,26-/m0/s1. The highest BCUT2D eigenvalue weighted by molar-refractivity contribution is 5.86. The largest absolute Gasteiger partial charge is 0.496 e. The summed E-state index contributed by atoms with van der Waals surface area (Å²) >= 11 is 0. The Kier molecular flexibility index (Phi) is 7.65. The van der Waals surface area contributed by atoms with Gasteiger partial charge in [-0.3, -0.25) is 9.69 Å². The van der Waals surface area contributed by atoms with Gasteiger partial charge in [0, 0.05) is 36.7 Å². The first-order chi connectivity index (χ1) is 18.9. The lowest BCUT2D eigenvalue weighted by Crippen LogP contribution is -2.43. The number of methoxy groups -OCH3 is 2. The van der Waals surface area contributed by atoms with Crippen molar-refractivity contribution in [3.63, 3.8) is 0 Å². The Morgan fingerprint density at radius 2 is 1.95 bits per heavy atom. The Morgan fingerprint density at radius 3 is 2.74 bits per heavy atom. The van der Waals surface area contributed by atoms with E-state index in [1.807, 2.05) is 37.4 Å². The minimum absolute atomic E-state index is 0.0199. The molecule has 4 aromatic rings. The molecule has 10 heteroatoms. The van der Waals surface area contributed by atoms with E-state index in [0.717, 1.165) is 34.4 Å². The van der Waals surface area contributed by atoms with Crippen LogP contribution in [0, 0.1) is 13.8 Å². The number of hydrogen-bond acceptors (Lipinski definition) is 7. The van der Waals surface area contributed by atoms with Crippen LogP contribution in [0.4, 0.5) is 0 Å². The minimum atomic E-state index is -0.535. The summed E-state index contributed by atoms with van der Waals surface area (Å²) in [6, 6.07) is 11.9. The van der Waals surface area contributed by atoms with E-state index in [1.165, 1.54) is 18.1 Å². The number of likely N-dealkylation sites (tertiary alicyclic amines) is 1. The third-order valence-electron chi connectivity index (χ3n) is 7.56. The van der Waals surface area contributed by atoms with Crippen LogP contribution in [-0.4, -0.2) is 70.1 Å². The van der Waals surface area contributed by atoms with Gasteiger partial charge in [-0.25, -0.2) is 9.48 Å². The van der Waals surface area contributed by atoms with Gasteiger partial charge in [-0.05, 0) is 61.1 Å². The second-order valence-corrected chi connectivity index (χ2v) is 10.1. The van der Waals surface area contributed by atoms with E-state index >= 15 is 0 Å². The van der Waals surface area contributed by atoms with Crippen molar-refractivity contribution in [1.29, 1.82) is 0 Å². The number of aromatic nitrogens is 4. The maximum absolute atomic E-state index is 13.5. The number of nitrogens with one attached hydrogen (secondary N) is 2. The molecule has 0 saturated carbocycles. The second kappa shape index (κ2) is 11.3. The number of nitrogens with zero attached hydrogens (tertiary/aromatic N) is 4. The zero-order valence-electron chi connectivity index (χ0n) is 22.7. The number of carbonyl (C=O) groups excluding carboxylic acids is 2. The molecule has 2 aromatic carbocycles. The molecule has 0 aliphatic carbocycles. The maximum Gasteiger partial charge on any atom is 0.360 e. The summed E-state index contributed by atoms with van der Waals surface area (Å²) in [7, 11) is 2.98. The van der Waals surface area contributed by atoms with Crippen molar-refractivity contribution in [2.24, 2.45) is 0 Å². The normalized spacial score (nSPS) is 17.4. The Labute approximate surface area is 227 Å². The van der Waals surface area contributed by atoms with Gasteiger partial charge in [-0.2, -0.15) is 0 Å². The van der Waals surface area contributed by atoms with E-state index in [-0.39, 0.29) is 23.7 Å². The van der Waals surface area contributed by atoms with Crippen LogP contribution in [0.15, 0.2) is 48.8 Å². The Bertz CT molecular complexity index is 1490. The average Bonchev–Trinajstić information content (AvgIpc) is 3.69. The lowest BCUT2D eigenvalue weighted by atomic mass is 10.0. The summed E-state index contributed by atoms with van der Waals surface area (Å²) < 4.78 is 11.9. The van der Waals surface area contributed by atoms with Crippen LogP contribution in [0.3, 0.4) is 0 Å². The first-order valence-electron chi connectivity index (χ1n) is 13.1. The highest BCUT2D eigenvalue weighted by atomic mass is 16.5. The third kappa shape index (κ3) is 5.51. The predicted molar refractivity (Wildman–Crippen MR) is 147 cm³/mol. The van der Waals surface area contributed by atoms with Crippen molar-refractivity contribution in [3.8, 4) is 5.75 Å². The van der Waals surface area contributed by atoms with Crippen molar-refractivity contribution in [2.75, 3.05) is 27.3 Å². The molecule has 3 heterocycles. The van der Waals surface area contributed by atoms with E-state index in [4.69, 9.17) is 9.47 Å². The molecular formula is C29H34N6O4. The number of esters is 1. The Balaban J connectivity index is 1.32. The smallest absolute Gasteiger partial charge is 0.360 e. The summed E-state index contributed by atoms with van der Waals surface area (Å²) in [4.78, 5) is 30.9. The van der Waals surface area contributed by atoms with Gasteiger partial charge in [-0.15, -0.1) is 5.10 Å². The van der Waals surface area contributed by atoms with Crippen LogP contribution in [0.25, 0.3) is 10.9 Å². The first-order valence-corrected chi connectivity index (χ1v) is 13.1. The number of aromatic amines is 1. The molecule has 10 nitrogen and oxygen atoms in total. The molecule has 2 atom stereocenters. The highest BCUT2D eigenvalue weighted by Crippen LogP contribution is 2.31. The van der Waals surface area contributed by atoms with Crippen LogP contribution in [-0.2, 0) is 22.5 Å². The summed E-state index contributed by atoms with van der Waals surface area (Å²) in [6.07, 6.45) is 4.88. The number of H-pyrrole nitrogens is 1. The van der Waals surface area contributed by atoms with Gasteiger partial charge < -0.3 is 19.8 Å². The van der Waals surface area contributed by atoms with Crippen molar-refractivity contribution >= 4 is 22.8 Å². The molecule has 39 heavy (non-hydrogen) atoms. The van der Waals surface area contributed by atoms with Crippen LogP contribution < -0.4 is 10.1 Å². The maximum atomic E-state index is 13.5. The molecule has 1 aliphatic rings. The van der Waals surface area contributed by atoms with Gasteiger partial charge in [0.15, 0.2) is 5.69 Å². The number of hydrogen-bond donors (Lipinski definition) is 2. The predicted octanol–water partition coefficient (Wildman–Crippen LogP) is 3.35. The fourth-order valence-corrected chi connectivity index (χ4v) is 5.41. The number of carbonyl (C=O) groups is 2. The van der Waals surface area contributed by atoms with Gasteiger partial charge >= 0.3 is 5.97 Å². The molecule has 0 spiro atoms. The van der Waals surface area contributed by atoms with Gasteiger partial charge in [-0.1, -0.05) is 29.5 Å². The van der Waals surface area contributed by atoms with E-state index < -0.39 is 5.97 Å². The molecule has 0 bridgehead atoms. The molecule has 5 rings (SSSR count). The fourth-order valence-electron chi connectivity index (χ4n) is 5.41. The summed E-state index contributed by atoms with van der Waals surface area (Å²) in [5, 5.41) is 12.5. The summed E-state index contributed by atoms with van der Waals surface area (Å²) in [5.41, 5.74) is 5.71. The van der Waals surface area contributed by atoms with Crippen LogP contribution in [0.1, 0.15) is 45.2 Å². The zero-order valence-corrected chi connectivity index (χ0v) is 22.7. The van der Waals surface area contributed by atoms with Gasteiger partial charge in [0.1, 0.15) is 5.75 Å². The number of aryl methyl sites for hydroxylation is 2. The Hall–Kier alpha value is -4.18. The van der Waals surface area contributed by atoms with Crippen LogP contribution >= 0.6 is 0 Å². The monoisotopic (exact) mass is 530 g/mol. The highest BCUT2D eigenvalue weighted by Gasteiger charge is 2.38. The van der Waals surface area contributed by atoms with E-state index in [0.29, 0.717) is 26.1 Å². The number of benzene rings is 2. The topological polar surface area (TPSA) is 114 Å².